The van der Waals surface area contributed by atoms with E-state index in [1.54, 1.807) is 0 Å². The highest BCUT2D eigenvalue weighted by molar-refractivity contribution is 4.79. The van der Waals surface area contributed by atoms with Crippen LogP contribution < -0.4 is 0 Å². The molecule has 1 heterocycles. The molecule has 80 heavy (non-hydrogen) atoms. The van der Waals surface area contributed by atoms with Crippen LogP contribution >= 0.6 is 0 Å². The van der Waals surface area contributed by atoms with Crippen molar-refractivity contribution in [2.24, 2.45) is 0 Å². The molecule has 5 N–H and O–H groups in total. The van der Waals surface area contributed by atoms with E-state index >= 15 is 0 Å². The Hall–Kier alpha value is -0.400. The Balaban J connectivity index is 2.94. The molecule has 1 fully saturated rings. The lowest BCUT2D eigenvalue weighted by Gasteiger charge is -2.37. The van der Waals surface area contributed by atoms with Crippen LogP contribution in [0.3, 0.4) is 0 Å². The molecule has 0 spiro atoms. The smallest absolute Gasteiger partial charge is 0.0667 e. The number of rotatable bonds is 64. The van der Waals surface area contributed by atoms with Crippen LogP contribution in [0.4, 0.5) is 0 Å². The molecular formula is C70H145N5O5. The van der Waals surface area contributed by atoms with E-state index < -0.39 is 0 Å². The Bertz CT molecular complexity index is 1160. The van der Waals surface area contributed by atoms with E-state index in [9.17, 15) is 25.5 Å². The molecule has 10 nitrogen and oxygen atoms in total. The summed E-state index contributed by atoms with van der Waals surface area (Å²) in [5.74, 6) is 0. The molecule has 0 bridgehead atoms. The van der Waals surface area contributed by atoms with E-state index in [1.165, 1.54) is 225 Å². The number of hydrogen-bond donors (Lipinski definition) is 5. The minimum Gasteiger partial charge on any atom is -0.392 e. The Labute approximate surface area is 500 Å². The first-order valence-electron chi connectivity index (χ1n) is 36.2. The molecule has 480 valence electrons. The van der Waals surface area contributed by atoms with Crippen molar-refractivity contribution in [3.63, 3.8) is 0 Å². The van der Waals surface area contributed by atoms with E-state index in [1.807, 2.05) is 0 Å². The summed E-state index contributed by atoms with van der Waals surface area (Å²) in [5, 5.41) is 56.9. The van der Waals surface area contributed by atoms with Gasteiger partial charge in [-0.2, -0.15) is 0 Å². The average molecular weight is 1140 g/mol. The fourth-order valence-corrected chi connectivity index (χ4v) is 12.4. The molecule has 0 aromatic carbocycles. The van der Waals surface area contributed by atoms with Gasteiger partial charge in [-0.15, -0.1) is 0 Å². The van der Waals surface area contributed by atoms with Gasteiger partial charge in [0, 0.05) is 98.2 Å². The zero-order valence-corrected chi connectivity index (χ0v) is 54.8. The summed E-state index contributed by atoms with van der Waals surface area (Å²) in [5.41, 5.74) is 0. The zero-order valence-electron chi connectivity index (χ0n) is 54.8. The quantitative estimate of drug-likeness (QED) is 0.0377. The van der Waals surface area contributed by atoms with Crippen LogP contribution in [0, 0.1) is 0 Å². The number of hydrogen-bond acceptors (Lipinski definition) is 10. The lowest BCUT2D eigenvalue weighted by Crippen LogP contribution is -2.51. The van der Waals surface area contributed by atoms with Gasteiger partial charge in [-0.3, -0.25) is 24.5 Å². The van der Waals surface area contributed by atoms with Crippen molar-refractivity contribution < 1.29 is 25.5 Å². The van der Waals surface area contributed by atoms with E-state index in [-0.39, 0.29) is 30.5 Å². The second-order valence-corrected chi connectivity index (χ2v) is 26.1. The molecule has 0 aromatic heterocycles. The van der Waals surface area contributed by atoms with Crippen molar-refractivity contribution >= 4 is 0 Å². The fourth-order valence-electron chi connectivity index (χ4n) is 12.4. The number of piperazine rings is 1. The Morgan fingerprint density at radius 1 is 0.237 bits per heavy atom. The Morgan fingerprint density at radius 3 is 0.650 bits per heavy atom. The maximum Gasteiger partial charge on any atom is 0.0667 e. The molecule has 5 atom stereocenters. The van der Waals surface area contributed by atoms with Gasteiger partial charge in [0.1, 0.15) is 0 Å². The van der Waals surface area contributed by atoms with Crippen molar-refractivity contribution in [2.45, 2.75) is 354 Å². The van der Waals surface area contributed by atoms with Gasteiger partial charge in [0.2, 0.25) is 0 Å². The largest absolute Gasteiger partial charge is 0.392 e. The molecule has 5 unspecified atom stereocenters. The fraction of sp³-hybridized carbons (Fsp3) is 1.00. The first-order valence-corrected chi connectivity index (χ1v) is 36.2. The SMILES string of the molecule is CCCCCCCCCCC(O)CN(CCN1CCN(CCN(CC(O)CCCCCCCCCC)CC(O)CCCCCCCCCC)CC1)CCN(CC(O)CCCCCCCCCC)CC(O)CCCCCCCCCC. The summed E-state index contributed by atoms with van der Waals surface area (Å²) in [6.07, 6.45) is 53.2. The predicted octanol–water partition coefficient (Wildman–Crippen LogP) is 16.0. The van der Waals surface area contributed by atoms with Crippen LogP contribution in [0.2, 0.25) is 0 Å². The topological polar surface area (TPSA) is 117 Å². The predicted molar refractivity (Wildman–Crippen MR) is 348 cm³/mol. The highest BCUT2D eigenvalue weighted by Crippen LogP contribution is 2.18. The minimum absolute atomic E-state index is 0.342. The third kappa shape index (κ3) is 50.9. The van der Waals surface area contributed by atoms with Gasteiger partial charge >= 0.3 is 0 Å². The Kier molecular flexibility index (Phi) is 57.2. The van der Waals surface area contributed by atoms with Gasteiger partial charge in [-0.05, 0) is 32.1 Å². The van der Waals surface area contributed by atoms with E-state index in [2.05, 4.69) is 59.1 Å². The van der Waals surface area contributed by atoms with Gasteiger partial charge in [0.05, 0.1) is 30.5 Å². The van der Waals surface area contributed by atoms with Crippen molar-refractivity contribution in [1.82, 2.24) is 24.5 Å². The van der Waals surface area contributed by atoms with E-state index in [4.69, 9.17) is 0 Å². The van der Waals surface area contributed by atoms with Crippen LogP contribution in [0.5, 0.6) is 0 Å². The molecule has 1 aliphatic heterocycles. The third-order valence-electron chi connectivity index (χ3n) is 18.0. The molecule has 0 amide bonds. The second kappa shape index (κ2) is 59.0. The molecule has 1 saturated heterocycles. The third-order valence-corrected chi connectivity index (χ3v) is 18.0. The average Bonchev–Trinajstić information content (AvgIpc) is 3.44. The number of aliphatic hydroxyl groups excluding tert-OH is 5. The molecule has 10 heteroatoms. The molecule has 1 aliphatic rings. The molecule has 0 saturated carbocycles. The lowest BCUT2D eigenvalue weighted by atomic mass is 10.0. The van der Waals surface area contributed by atoms with E-state index in [0.717, 1.165) is 130 Å². The first kappa shape index (κ1) is 77.6. The summed E-state index contributed by atoms with van der Waals surface area (Å²) in [6, 6.07) is 0. The number of aliphatic hydroxyl groups is 5. The van der Waals surface area contributed by atoms with Gasteiger partial charge < -0.3 is 25.5 Å². The molecule has 0 aliphatic carbocycles. The first-order chi connectivity index (χ1) is 39.1. The lowest BCUT2D eigenvalue weighted by molar-refractivity contribution is 0.0419. The highest BCUT2D eigenvalue weighted by atomic mass is 16.3. The molecule has 0 aromatic rings. The van der Waals surface area contributed by atoms with E-state index in [0.29, 0.717) is 32.7 Å². The normalized spacial score (nSPS) is 15.7. The number of nitrogens with zero attached hydrogens (tertiary/aromatic N) is 5. The van der Waals surface area contributed by atoms with Gasteiger partial charge in [0.25, 0.3) is 0 Å². The van der Waals surface area contributed by atoms with Crippen LogP contribution in [0.25, 0.3) is 0 Å². The highest BCUT2D eigenvalue weighted by Gasteiger charge is 2.23. The monoisotopic (exact) mass is 1140 g/mol. The molecule has 1 rings (SSSR count). The summed E-state index contributed by atoms with van der Waals surface area (Å²) in [4.78, 5) is 12.4. The van der Waals surface area contributed by atoms with Crippen molar-refractivity contribution in [3.05, 3.63) is 0 Å². The van der Waals surface area contributed by atoms with Gasteiger partial charge in [-0.1, -0.05) is 291 Å². The molecular weight excluding hydrogens is 991 g/mol. The Morgan fingerprint density at radius 2 is 0.412 bits per heavy atom. The standard InChI is InChI=1S/C70H145N5O5/c1-6-11-16-21-26-31-36-41-46-66(76)61-73(58-60-75(64-69(79)49-44-39-34-29-24-19-14-9-4)65-70(80)50-45-40-35-30-25-20-15-10-5)57-55-71-51-53-72(54-52-71)56-59-74(62-67(77)47-42-37-32-27-22-17-12-7-2)63-68(78)48-43-38-33-28-23-18-13-8-3/h66-70,76-80H,6-65H2,1-5H3. The van der Waals surface area contributed by atoms with Crippen LogP contribution in [0.1, 0.15) is 324 Å². The molecule has 0 radical (unpaired) electrons. The van der Waals surface area contributed by atoms with Gasteiger partial charge in [-0.25, -0.2) is 0 Å². The minimum atomic E-state index is -0.385. The summed E-state index contributed by atoms with van der Waals surface area (Å²) >= 11 is 0. The maximum absolute atomic E-state index is 11.5. The van der Waals surface area contributed by atoms with Gasteiger partial charge in [0.15, 0.2) is 0 Å². The zero-order chi connectivity index (χ0) is 58.2. The summed E-state index contributed by atoms with van der Waals surface area (Å²) in [6.45, 7) is 24.0. The van der Waals surface area contributed by atoms with Crippen molar-refractivity contribution in [3.8, 4) is 0 Å². The maximum atomic E-state index is 11.5. The number of unbranched alkanes of at least 4 members (excludes halogenated alkanes) is 35. The second-order valence-electron chi connectivity index (χ2n) is 26.1. The van der Waals surface area contributed by atoms with Crippen molar-refractivity contribution in [1.29, 1.82) is 0 Å². The van der Waals surface area contributed by atoms with Crippen molar-refractivity contribution in [2.75, 3.05) is 98.2 Å². The summed E-state index contributed by atoms with van der Waals surface area (Å²) < 4.78 is 0. The van der Waals surface area contributed by atoms with Crippen LogP contribution in [-0.4, -0.2) is 179 Å². The van der Waals surface area contributed by atoms with Crippen LogP contribution in [-0.2, 0) is 0 Å². The summed E-state index contributed by atoms with van der Waals surface area (Å²) in [7, 11) is 0. The van der Waals surface area contributed by atoms with Crippen LogP contribution in [0.15, 0.2) is 0 Å².